The maximum Gasteiger partial charge on any atom is 0.311 e. The molecule has 2 aliphatic heterocycles. The number of esters is 1. The summed E-state index contributed by atoms with van der Waals surface area (Å²) in [5.41, 5.74) is 1.84. The third-order valence-corrected chi connectivity index (χ3v) is 7.15. The molecule has 0 saturated carbocycles. The van der Waals surface area contributed by atoms with Gasteiger partial charge < -0.3 is 19.1 Å². The summed E-state index contributed by atoms with van der Waals surface area (Å²) in [4.78, 5) is 29.6. The number of piperidine rings is 1. The van der Waals surface area contributed by atoms with E-state index in [0.717, 1.165) is 43.8 Å². The quantitative estimate of drug-likeness (QED) is 0.529. The lowest BCUT2D eigenvalue weighted by molar-refractivity contribution is -0.150. The molecule has 0 aromatic heterocycles. The van der Waals surface area contributed by atoms with Crippen molar-refractivity contribution in [2.45, 2.75) is 38.0 Å². The molecule has 7 nitrogen and oxygen atoms in total. The highest BCUT2D eigenvalue weighted by atomic mass is 16.5. The van der Waals surface area contributed by atoms with Gasteiger partial charge in [-0.1, -0.05) is 42.5 Å². The number of carbonyl (C=O) groups is 2. The van der Waals surface area contributed by atoms with Crippen LogP contribution in [0.3, 0.4) is 0 Å². The average molecular weight is 467 g/mol. The predicted molar refractivity (Wildman–Crippen MR) is 128 cm³/mol. The normalized spacial score (nSPS) is 20.0. The fourth-order valence-corrected chi connectivity index (χ4v) is 5.34. The molecule has 34 heavy (non-hydrogen) atoms. The largest absolute Gasteiger partial charge is 0.489 e. The van der Waals surface area contributed by atoms with Crippen LogP contribution in [0.5, 0.6) is 5.75 Å². The van der Waals surface area contributed by atoms with E-state index in [0.29, 0.717) is 19.8 Å². The first-order valence-electron chi connectivity index (χ1n) is 11.9. The van der Waals surface area contributed by atoms with E-state index in [1.807, 2.05) is 35.2 Å². The molecule has 1 spiro atoms. The summed E-state index contributed by atoms with van der Waals surface area (Å²) in [6, 6.07) is 18.3. The Morgan fingerprint density at radius 1 is 1.03 bits per heavy atom. The summed E-state index contributed by atoms with van der Waals surface area (Å²) in [6.45, 7) is 3.91. The van der Waals surface area contributed by atoms with E-state index in [4.69, 9.17) is 14.2 Å². The molecule has 2 fully saturated rings. The van der Waals surface area contributed by atoms with Gasteiger partial charge in [0.25, 0.3) is 0 Å². The molecule has 2 saturated heterocycles. The number of methoxy groups -OCH3 is 2. The Morgan fingerprint density at radius 2 is 1.76 bits per heavy atom. The first-order valence-corrected chi connectivity index (χ1v) is 11.9. The van der Waals surface area contributed by atoms with Gasteiger partial charge >= 0.3 is 5.97 Å². The number of nitrogens with zero attached hydrogens (tertiary/aromatic N) is 2. The highest BCUT2D eigenvalue weighted by molar-refractivity contribution is 5.89. The maximum absolute atomic E-state index is 12.8. The van der Waals surface area contributed by atoms with Crippen LogP contribution in [0.2, 0.25) is 0 Å². The van der Waals surface area contributed by atoms with Crippen molar-refractivity contribution >= 4 is 11.9 Å². The molecule has 7 heteroatoms. The fourth-order valence-electron chi connectivity index (χ4n) is 5.34. The van der Waals surface area contributed by atoms with Crippen molar-refractivity contribution in [1.82, 2.24) is 9.80 Å². The predicted octanol–water partition coefficient (Wildman–Crippen LogP) is 3.27. The topological polar surface area (TPSA) is 68.3 Å². The fraction of sp³-hybridized carbons (Fsp3) is 0.481. The van der Waals surface area contributed by atoms with Crippen LogP contribution in [0.1, 0.15) is 30.4 Å². The van der Waals surface area contributed by atoms with E-state index < -0.39 is 11.5 Å². The average Bonchev–Trinajstić information content (AvgIpc) is 3.14. The van der Waals surface area contributed by atoms with E-state index in [9.17, 15) is 9.59 Å². The number of carbonyl (C=O) groups excluding carboxylic acids is 2. The number of benzene rings is 2. The van der Waals surface area contributed by atoms with Crippen LogP contribution < -0.4 is 4.74 Å². The molecule has 1 unspecified atom stereocenters. The zero-order valence-corrected chi connectivity index (χ0v) is 20.1. The van der Waals surface area contributed by atoms with Crippen molar-refractivity contribution in [3.63, 3.8) is 0 Å². The number of likely N-dealkylation sites (tertiary alicyclic amines) is 2. The number of rotatable bonds is 9. The Hall–Kier alpha value is -2.90. The number of ether oxygens (including phenoxy) is 3. The van der Waals surface area contributed by atoms with Gasteiger partial charge in [0, 0.05) is 39.7 Å². The van der Waals surface area contributed by atoms with Gasteiger partial charge in [0.1, 0.15) is 12.4 Å². The lowest BCUT2D eigenvalue weighted by Gasteiger charge is -2.47. The van der Waals surface area contributed by atoms with E-state index >= 15 is 0 Å². The zero-order valence-electron chi connectivity index (χ0n) is 20.1. The van der Waals surface area contributed by atoms with Crippen molar-refractivity contribution in [3.8, 4) is 5.75 Å². The van der Waals surface area contributed by atoms with Gasteiger partial charge in [-0.2, -0.15) is 0 Å². The molecule has 2 aliphatic rings. The Kier molecular flexibility index (Phi) is 7.85. The zero-order chi connectivity index (χ0) is 24.0. The van der Waals surface area contributed by atoms with Crippen molar-refractivity contribution in [3.05, 3.63) is 65.7 Å². The van der Waals surface area contributed by atoms with Crippen LogP contribution in [0.4, 0.5) is 0 Å². The molecule has 0 aliphatic carbocycles. The third-order valence-electron chi connectivity index (χ3n) is 7.15. The standard InChI is InChI=1S/C27H34N2O5/c1-32-16-15-29-25(30)18-24(26(31)33-2)27(29)11-13-28(14-12-27)19-22-9-6-10-23(17-22)34-20-21-7-4-3-5-8-21/h3-10,17,24H,11-16,18-20H2,1-2H3. The summed E-state index contributed by atoms with van der Waals surface area (Å²) in [7, 11) is 3.03. The Morgan fingerprint density at radius 3 is 2.47 bits per heavy atom. The molecule has 0 radical (unpaired) electrons. The minimum atomic E-state index is -0.486. The summed E-state index contributed by atoms with van der Waals surface area (Å²) in [5.74, 6) is 0.167. The van der Waals surface area contributed by atoms with Crippen molar-refractivity contribution in [2.24, 2.45) is 5.92 Å². The number of hydrogen-bond acceptors (Lipinski definition) is 6. The first-order chi connectivity index (χ1) is 16.6. The smallest absolute Gasteiger partial charge is 0.311 e. The second-order valence-corrected chi connectivity index (χ2v) is 9.12. The first kappa shape index (κ1) is 24.2. The lowest BCUT2D eigenvalue weighted by Crippen LogP contribution is -2.58. The van der Waals surface area contributed by atoms with Crippen LogP contribution in [-0.4, -0.2) is 67.7 Å². The molecule has 182 valence electrons. The van der Waals surface area contributed by atoms with Gasteiger partial charge in [0.15, 0.2) is 0 Å². The van der Waals surface area contributed by atoms with Crippen molar-refractivity contribution in [2.75, 3.05) is 40.5 Å². The minimum absolute atomic E-state index is 0.0177. The van der Waals surface area contributed by atoms with E-state index in [2.05, 4.69) is 29.2 Å². The summed E-state index contributed by atoms with van der Waals surface area (Å²) < 4.78 is 16.3. The molecule has 4 rings (SSSR count). The van der Waals surface area contributed by atoms with Crippen LogP contribution in [0.25, 0.3) is 0 Å². The van der Waals surface area contributed by atoms with Crippen molar-refractivity contribution in [1.29, 1.82) is 0 Å². The monoisotopic (exact) mass is 466 g/mol. The van der Waals surface area contributed by atoms with E-state index in [1.165, 1.54) is 12.7 Å². The molecule has 2 aromatic rings. The Balaban J connectivity index is 1.39. The summed E-state index contributed by atoms with van der Waals surface area (Å²) in [5, 5.41) is 0. The molecule has 0 N–H and O–H groups in total. The number of hydrogen-bond donors (Lipinski definition) is 0. The van der Waals surface area contributed by atoms with Crippen LogP contribution in [0, 0.1) is 5.92 Å². The molecule has 2 aromatic carbocycles. The third kappa shape index (κ3) is 5.26. The lowest BCUT2D eigenvalue weighted by atomic mass is 9.76. The second-order valence-electron chi connectivity index (χ2n) is 9.12. The van der Waals surface area contributed by atoms with E-state index in [1.54, 1.807) is 7.11 Å². The van der Waals surface area contributed by atoms with Gasteiger partial charge in [0.05, 0.1) is 25.2 Å². The number of amides is 1. The van der Waals surface area contributed by atoms with Crippen molar-refractivity contribution < 1.29 is 23.8 Å². The van der Waals surface area contributed by atoms with Gasteiger partial charge in [-0.25, -0.2) is 0 Å². The van der Waals surface area contributed by atoms with Gasteiger partial charge in [0.2, 0.25) is 5.91 Å². The molecular formula is C27H34N2O5. The van der Waals surface area contributed by atoms with Gasteiger partial charge in [-0.05, 0) is 36.1 Å². The molecule has 1 atom stereocenters. The molecule has 1 amide bonds. The second kappa shape index (κ2) is 11.0. The van der Waals surface area contributed by atoms with Crippen LogP contribution >= 0.6 is 0 Å². The highest BCUT2D eigenvalue weighted by Crippen LogP contribution is 2.44. The highest BCUT2D eigenvalue weighted by Gasteiger charge is 2.56. The summed E-state index contributed by atoms with van der Waals surface area (Å²) in [6.07, 6.45) is 1.70. The molecule has 0 bridgehead atoms. The Labute approximate surface area is 201 Å². The maximum atomic E-state index is 12.8. The SMILES string of the molecule is COCCN1C(=O)CC(C(=O)OC)C12CCN(Cc1cccc(OCc3ccccc3)c1)CC2. The van der Waals surface area contributed by atoms with Crippen LogP contribution in [0.15, 0.2) is 54.6 Å². The molecule has 2 heterocycles. The van der Waals surface area contributed by atoms with Gasteiger partial charge in [-0.3, -0.25) is 14.5 Å². The van der Waals surface area contributed by atoms with E-state index in [-0.39, 0.29) is 18.3 Å². The minimum Gasteiger partial charge on any atom is -0.489 e. The summed E-state index contributed by atoms with van der Waals surface area (Å²) >= 11 is 0. The van der Waals surface area contributed by atoms with Crippen LogP contribution in [-0.2, 0) is 32.2 Å². The Bertz CT molecular complexity index is 972. The molecular weight excluding hydrogens is 432 g/mol. The van der Waals surface area contributed by atoms with Gasteiger partial charge in [-0.15, -0.1) is 0 Å².